The summed E-state index contributed by atoms with van der Waals surface area (Å²) in [4.78, 5) is 50.1. The van der Waals surface area contributed by atoms with Crippen LogP contribution in [0.3, 0.4) is 0 Å². The van der Waals surface area contributed by atoms with Gasteiger partial charge in [0.2, 0.25) is 5.91 Å². The Morgan fingerprint density at radius 3 is 2.38 bits per heavy atom. The zero-order chi connectivity index (χ0) is 24.7. The molecule has 0 atom stereocenters. The molecule has 34 heavy (non-hydrogen) atoms. The van der Waals surface area contributed by atoms with Gasteiger partial charge in [-0.25, -0.2) is 0 Å². The molecule has 1 N–H and O–H groups in total. The van der Waals surface area contributed by atoms with E-state index in [1.54, 1.807) is 12.1 Å². The summed E-state index contributed by atoms with van der Waals surface area (Å²) in [6.45, 7) is -0.972. The van der Waals surface area contributed by atoms with Gasteiger partial charge in [0.15, 0.2) is 5.78 Å². The number of imide groups is 1. The highest BCUT2D eigenvalue weighted by atomic mass is 32.2. The minimum absolute atomic E-state index is 0.000224. The van der Waals surface area contributed by atoms with Gasteiger partial charge in [-0.1, -0.05) is 42.0 Å². The predicted octanol–water partition coefficient (Wildman–Crippen LogP) is 4.41. The van der Waals surface area contributed by atoms with Gasteiger partial charge in [-0.15, -0.1) is 0 Å². The average Bonchev–Trinajstić information content (AvgIpc) is 3.06. The van der Waals surface area contributed by atoms with Gasteiger partial charge in [0, 0.05) is 31.5 Å². The van der Waals surface area contributed by atoms with E-state index in [1.165, 1.54) is 30.3 Å². The molecule has 0 aliphatic carbocycles. The van der Waals surface area contributed by atoms with Crippen LogP contribution in [0.1, 0.15) is 34.3 Å². The van der Waals surface area contributed by atoms with E-state index >= 15 is 0 Å². The molecule has 1 heterocycles. The van der Waals surface area contributed by atoms with Crippen molar-refractivity contribution in [3.8, 4) is 5.75 Å². The molecule has 3 amide bonds. The van der Waals surface area contributed by atoms with Crippen molar-refractivity contribution >= 4 is 40.7 Å². The van der Waals surface area contributed by atoms with Crippen molar-refractivity contribution in [3.05, 3.63) is 70.1 Å². The Morgan fingerprint density at radius 2 is 1.74 bits per heavy atom. The highest BCUT2D eigenvalue weighted by molar-refractivity contribution is 8.18. The Balaban J connectivity index is 1.46. The van der Waals surface area contributed by atoms with Crippen molar-refractivity contribution in [1.29, 1.82) is 0 Å². The van der Waals surface area contributed by atoms with Crippen molar-refractivity contribution in [2.24, 2.45) is 0 Å². The fraction of sp³-hybridized carbons (Fsp3) is 0.250. The Hall–Kier alpha value is -3.53. The molecule has 2 aromatic carbocycles. The highest BCUT2D eigenvalue weighted by Gasteiger charge is 2.34. The van der Waals surface area contributed by atoms with Crippen molar-refractivity contribution in [3.63, 3.8) is 0 Å². The van der Waals surface area contributed by atoms with Gasteiger partial charge in [-0.2, -0.15) is 8.78 Å². The molecule has 7 nitrogen and oxygen atoms in total. The summed E-state index contributed by atoms with van der Waals surface area (Å²) in [5, 5.41) is 2.14. The molecule has 0 radical (unpaired) electrons. The van der Waals surface area contributed by atoms with Crippen LogP contribution in [-0.4, -0.2) is 47.4 Å². The molecular weight excluding hydrogens is 466 g/mol. The zero-order valence-electron chi connectivity index (χ0n) is 18.3. The third kappa shape index (κ3) is 6.98. The van der Waals surface area contributed by atoms with Crippen LogP contribution in [0.15, 0.2) is 53.4 Å². The van der Waals surface area contributed by atoms with E-state index in [1.807, 2.05) is 19.1 Å². The third-order valence-corrected chi connectivity index (χ3v) is 5.79. The molecule has 1 aliphatic heterocycles. The molecule has 0 spiro atoms. The van der Waals surface area contributed by atoms with Gasteiger partial charge in [-0.3, -0.25) is 24.1 Å². The summed E-state index contributed by atoms with van der Waals surface area (Å²) in [5.74, 6) is -1.02. The van der Waals surface area contributed by atoms with Crippen molar-refractivity contribution in [2.45, 2.75) is 26.4 Å². The van der Waals surface area contributed by atoms with Crippen LogP contribution in [0.4, 0.5) is 13.6 Å². The lowest BCUT2D eigenvalue weighted by atomic mass is 10.1. The fourth-order valence-electron chi connectivity index (χ4n) is 3.10. The maximum Gasteiger partial charge on any atom is 0.387 e. The number of rotatable bonds is 10. The molecule has 1 saturated heterocycles. The summed E-state index contributed by atoms with van der Waals surface area (Å²) in [5.41, 5.74) is 2.12. The number of carbonyl (C=O) groups is 4. The second kappa shape index (κ2) is 11.6. The van der Waals surface area contributed by atoms with Crippen LogP contribution in [0.25, 0.3) is 6.08 Å². The molecule has 1 aliphatic rings. The number of amides is 3. The number of Topliss-reactive ketones (excluding diaryl/α,β-unsaturated/α-hetero) is 1. The smallest absolute Gasteiger partial charge is 0.387 e. The zero-order valence-corrected chi connectivity index (χ0v) is 19.1. The van der Waals surface area contributed by atoms with Gasteiger partial charge in [-0.05, 0) is 42.5 Å². The Kier molecular flexibility index (Phi) is 8.53. The van der Waals surface area contributed by atoms with Gasteiger partial charge in [0.25, 0.3) is 11.1 Å². The molecular formula is C24H22F2N2O5S. The molecule has 0 bridgehead atoms. The Bertz CT molecular complexity index is 1100. The molecule has 10 heteroatoms. The van der Waals surface area contributed by atoms with Crippen LogP contribution in [-0.2, 0) is 9.59 Å². The number of halogens is 2. The molecule has 0 unspecified atom stereocenters. The maximum absolute atomic E-state index is 12.5. The first-order valence-corrected chi connectivity index (χ1v) is 11.2. The van der Waals surface area contributed by atoms with E-state index in [4.69, 9.17) is 0 Å². The molecule has 178 valence electrons. The molecule has 0 aromatic heterocycles. The number of benzene rings is 2. The number of nitrogens with zero attached hydrogens (tertiary/aromatic N) is 1. The number of ether oxygens (including phenoxy) is 1. The van der Waals surface area contributed by atoms with E-state index in [2.05, 4.69) is 10.1 Å². The number of thioether (sulfide) groups is 1. The van der Waals surface area contributed by atoms with E-state index in [0.717, 1.165) is 22.2 Å². The van der Waals surface area contributed by atoms with Gasteiger partial charge in [0.05, 0.1) is 4.91 Å². The summed E-state index contributed by atoms with van der Waals surface area (Å²) >= 11 is 0.753. The highest BCUT2D eigenvalue weighted by Crippen LogP contribution is 2.32. The first-order chi connectivity index (χ1) is 16.2. The largest absolute Gasteiger partial charge is 0.435 e. The molecule has 1 fully saturated rings. The first-order valence-electron chi connectivity index (χ1n) is 10.4. The lowest BCUT2D eigenvalue weighted by Gasteiger charge is -2.13. The van der Waals surface area contributed by atoms with Gasteiger partial charge < -0.3 is 10.1 Å². The number of hydrogen-bond acceptors (Lipinski definition) is 6. The lowest BCUT2D eigenvalue weighted by molar-refractivity contribution is -0.124. The van der Waals surface area contributed by atoms with Crippen molar-refractivity contribution in [2.75, 3.05) is 13.1 Å². The number of nitrogens with one attached hydrogen (secondary N) is 1. The summed E-state index contributed by atoms with van der Waals surface area (Å²) in [6.07, 6.45) is 1.53. The van der Waals surface area contributed by atoms with Gasteiger partial charge in [0.1, 0.15) is 5.75 Å². The summed E-state index contributed by atoms with van der Waals surface area (Å²) in [6, 6.07) is 12.7. The fourth-order valence-corrected chi connectivity index (χ4v) is 3.96. The van der Waals surface area contributed by atoms with E-state index in [9.17, 15) is 28.0 Å². The first kappa shape index (κ1) is 25.1. The minimum Gasteiger partial charge on any atom is -0.435 e. The van der Waals surface area contributed by atoms with E-state index in [0.29, 0.717) is 11.1 Å². The number of hydrogen-bond donors (Lipinski definition) is 1. The van der Waals surface area contributed by atoms with Crippen LogP contribution in [0.5, 0.6) is 5.75 Å². The Morgan fingerprint density at radius 1 is 1.06 bits per heavy atom. The molecule has 0 saturated carbocycles. The second-order valence-corrected chi connectivity index (χ2v) is 8.41. The summed E-state index contributed by atoms with van der Waals surface area (Å²) in [7, 11) is 0. The lowest BCUT2D eigenvalue weighted by Crippen LogP contribution is -2.37. The predicted molar refractivity (Wildman–Crippen MR) is 124 cm³/mol. The molecule has 2 aromatic rings. The molecule has 3 rings (SSSR count). The van der Waals surface area contributed by atoms with E-state index < -0.39 is 17.8 Å². The van der Waals surface area contributed by atoms with Crippen molar-refractivity contribution in [1.82, 2.24) is 10.2 Å². The summed E-state index contributed by atoms with van der Waals surface area (Å²) < 4.78 is 28.7. The normalized spacial score (nSPS) is 14.7. The van der Waals surface area contributed by atoms with Crippen LogP contribution in [0, 0.1) is 6.92 Å². The number of aryl methyl sites for hydroxylation is 1. The Labute approximate surface area is 199 Å². The maximum atomic E-state index is 12.5. The van der Waals surface area contributed by atoms with Crippen molar-refractivity contribution < 1.29 is 32.7 Å². The number of alkyl halides is 2. The third-order valence-electron chi connectivity index (χ3n) is 4.89. The minimum atomic E-state index is -2.93. The number of ketones is 1. The number of carbonyl (C=O) groups excluding carboxylic acids is 4. The van der Waals surface area contributed by atoms with Crippen LogP contribution >= 0.6 is 11.8 Å². The standard InChI is InChI=1S/C24H22F2N2O5S/c1-15-2-6-17(7-3-15)19(29)10-11-21(30)27-12-13-28-22(31)20(34-24(28)32)14-16-4-8-18(9-5-16)33-23(25)26/h2-9,14,23H,10-13H2,1H3,(H,27,30)/b20-14-. The van der Waals surface area contributed by atoms with Crippen LogP contribution in [0.2, 0.25) is 0 Å². The van der Waals surface area contributed by atoms with Gasteiger partial charge >= 0.3 is 6.61 Å². The SMILES string of the molecule is Cc1ccc(C(=O)CCC(=O)NCCN2C(=O)S/C(=C\c3ccc(OC(F)F)cc3)C2=O)cc1. The quantitative estimate of drug-likeness (QED) is 0.393. The monoisotopic (exact) mass is 488 g/mol. The van der Waals surface area contributed by atoms with E-state index in [-0.39, 0.29) is 48.3 Å². The van der Waals surface area contributed by atoms with Crippen LogP contribution < -0.4 is 10.1 Å². The topological polar surface area (TPSA) is 92.8 Å². The second-order valence-electron chi connectivity index (χ2n) is 7.42. The average molecular weight is 489 g/mol.